The van der Waals surface area contributed by atoms with E-state index in [9.17, 15) is 0 Å². The molecule has 2 nitrogen and oxygen atoms in total. The molecule has 0 aliphatic heterocycles. The fourth-order valence-corrected chi connectivity index (χ4v) is 2.66. The number of alkyl halides is 1. The van der Waals surface area contributed by atoms with Gasteiger partial charge in [-0.05, 0) is 42.7 Å². The predicted molar refractivity (Wildman–Crippen MR) is 68.6 cm³/mol. The largest absolute Gasteiger partial charge is 0.271 e. The van der Waals surface area contributed by atoms with Gasteiger partial charge >= 0.3 is 0 Å². The molecular weight excluding hydrogens is 220 g/mol. The highest BCUT2D eigenvalue weighted by Gasteiger charge is 2.27. The zero-order valence-corrected chi connectivity index (χ0v) is 10.2. The van der Waals surface area contributed by atoms with Gasteiger partial charge in [-0.15, -0.1) is 11.6 Å². The molecule has 0 saturated heterocycles. The Morgan fingerprint density at radius 3 is 2.94 bits per heavy atom. The van der Waals surface area contributed by atoms with Gasteiger partial charge in [-0.3, -0.25) is 11.3 Å². The molecule has 0 radical (unpaired) electrons. The van der Waals surface area contributed by atoms with E-state index < -0.39 is 0 Å². The molecule has 1 aromatic rings. The Balaban J connectivity index is 1.87. The summed E-state index contributed by atoms with van der Waals surface area (Å²) in [6.45, 7) is 0. The van der Waals surface area contributed by atoms with E-state index in [2.05, 4.69) is 29.7 Å². The molecule has 0 heterocycles. The fraction of sp³-hybridized carbons (Fsp3) is 0.538. The van der Waals surface area contributed by atoms with E-state index in [0.29, 0.717) is 12.0 Å². The van der Waals surface area contributed by atoms with Crippen molar-refractivity contribution in [3.05, 3.63) is 35.4 Å². The van der Waals surface area contributed by atoms with E-state index in [1.165, 1.54) is 17.5 Å². The summed E-state index contributed by atoms with van der Waals surface area (Å²) in [6, 6.07) is 9.08. The average Bonchev–Trinajstić information content (AvgIpc) is 2.30. The minimum Gasteiger partial charge on any atom is -0.271 e. The molecule has 88 valence electrons. The number of hydrogen-bond donors (Lipinski definition) is 2. The van der Waals surface area contributed by atoms with Crippen LogP contribution in [0.4, 0.5) is 0 Å². The molecular formula is C13H19ClN2. The summed E-state index contributed by atoms with van der Waals surface area (Å²) in [5.41, 5.74) is 5.92. The first kappa shape index (κ1) is 11.9. The van der Waals surface area contributed by atoms with Crippen molar-refractivity contribution >= 4 is 11.6 Å². The molecule has 0 saturated carbocycles. The van der Waals surface area contributed by atoms with Gasteiger partial charge in [0.05, 0.1) is 0 Å². The number of halogens is 1. The highest BCUT2D eigenvalue weighted by molar-refractivity contribution is 6.17. The van der Waals surface area contributed by atoms with Crippen molar-refractivity contribution in [2.24, 2.45) is 5.84 Å². The summed E-state index contributed by atoms with van der Waals surface area (Å²) in [5.74, 6) is 6.98. The van der Waals surface area contributed by atoms with Gasteiger partial charge in [0.1, 0.15) is 0 Å². The minimum atomic E-state index is 0.400. The summed E-state index contributed by atoms with van der Waals surface area (Å²) in [5, 5.41) is 0. The third kappa shape index (κ3) is 2.57. The van der Waals surface area contributed by atoms with Crippen molar-refractivity contribution < 1.29 is 0 Å². The van der Waals surface area contributed by atoms with E-state index in [-0.39, 0.29) is 0 Å². The van der Waals surface area contributed by atoms with Gasteiger partial charge < -0.3 is 0 Å². The molecule has 0 bridgehead atoms. The van der Waals surface area contributed by atoms with Crippen molar-refractivity contribution in [2.45, 2.75) is 37.6 Å². The molecule has 2 atom stereocenters. The Hall–Kier alpha value is -0.570. The summed E-state index contributed by atoms with van der Waals surface area (Å²) in [7, 11) is 0. The maximum atomic E-state index is 5.70. The molecule has 0 amide bonds. The van der Waals surface area contributed by atoms with Gasteiger partial charge in [0.25, 0.3) is 0 Å². The second-order valence-corrected chi connectivity index (χ2v) is 4.91. The number of hydrazine groups is 1. The van der Waals surface area contributed by atoms with Crippen LogP contribution in [0.5, 0.6) is 0 Å². The van der Waals surface area contributed by atoms with E-state index in [0.717, 1.165) is 25.1 Å². The van der Waals surface area contributed by atoms with Crippen LogP contribution in [0.15, 0.2) is 24.3 Å². The first-order valence-electron chi connectivity index (χ1n) is 5.95. The summed E-state index contributed by atoms with van der Waals surface area (Å²) >= 11 is 5.70. The van der Waals surface area contributed by atoms with Crippen LogP contribution in [-0.2, 0) is 6.42 Å². The van der Waals surface area contributed by atoms with Gasteiger partial charge in [0.2, 0.25) is 0 Å². The zero-order valence-electron chi connectivity index (χ0n) is 9.45. The Morgan fingerprint density at radius 2 is 2.25 bits per heavy atom. The highest BCUT2D eigenvalue weighted by atomic mass is 35.5. The second-order valence-electron chi connectivity index (χ2n) is 4.53. The minimum absolute atomic E-state index is 0.400. The molecule has 0 fully saturated rings. The van der Waals surface area contributed by atoms with Crippen molar-refractivity contribution in [3.63, 3.8) is 0 Å². The van der Waals surface area contributed by atoms with Crippen LogP contribution >= 0.6 is 11.6 Å². The van der Waals surface area contributed by atoms with E-state index in [4.69, 9.17) is 17.4 Å². The van der Waals surface area contributed by atoms with Gasteiger partial charge in [-0.2, -0.15) is 0 Å². The Labute approximate surface area is 102 Å². The average molecular weight is 239 g/mol. The van der Waals surface area contributed by atoms with E-state index in [1.54, 1.807) is 0 Å². The van der Waals surface area contributed by atoms with Crippen LogP contribution in [0.1, 0.15) is 36.3 Å². The first-order chi connectivity index (χ1) is 7.85. The lowest BCUT2D eigenvalue weighted by molar-refractivity contribution is 0.402. The third-order valence-electron chi connectivity index (χ3n) is 3.45. The van der Waals surface area contributed by atoms with Crippen LogP contribution < -0.4 is 11.3 Å². The Morgan fingerprint density at radius 1 is 1.44 bits per heavy atom. The van der Waals surface area contributed by atoms with Crippen LogP contribution in [0, 0.1) is 0 Å². The lowest BCUT2D eigenvalue weighted by Crippen LogP contribution is -2.38. The molecule has 1 aliphatic carbocycles. The summed E-state index contributed by atoms with van der Waals surface area (Å²) in [4.78, 5) is 0. The molecule has 3 N–H and O–H groups in total. The summed E-state index contributed by atoms with van der Waals surface area (Å²) in [6.07, 6.45) is 4.43. The SMILES string of the molecule is NNC(CCCCl)CC1Cc2ccccc21. The molecule has 3 heteroatoms. The van der Waals surface area contributed by atoms with Gasteiger partial charge in [0, 0.05) is 11.9 Å². The van der Waals surface area contributed by atoms with Gasteiger partial charge in [0.15, 0.2) is 0 Å². The zero-order chi connectivity index (χ0) is 11.4. The second kappa shape index (κ2) is 5.67. The van der Waals surface area contributed by atoms with Crippen molar-refractivity contribution in [2.75, 3.05) is 5.88 Å². The smallest absolute Gasteiger partial charge is 0.0224 e. The van der Waals surface area contributed by atoms with Crippen LogP contribution in [0.3, 0.4) is 0 Å². The molecule has 16 heavy (non-hydrogen) atoms. The van der Waals surface area contributed by atoms with Crippen LogP contribution in [-0.4, -0.2) is 11.9 Å². The van der Waals surface area contributed by atoms with Crippen molar-refractivity contribution in [1.29, 1.82) is 0 Å². The quantitative estimate of drug-likeness (QED) is 0.454. The monoisotopic (exact) mass is 238 g/mol. The standard InChI is InChI=1S/C13H19ClN2/c14-7-3-5-12(16-15)9-11-8-10-4-1-2-6-13(10)11/h1-2,4,6,11-12,16H,3,5,7-9,15H2. The lowest BCUT2D eigenvalue weighted by atomic mass is 9.74. The highest BCUT2D eigenvalue weighted by Crippen LogP contribution is 2.38. The number of nitrogens with one attached hydrogen (secondary N) is 1. The number of fused-ring (bicyclic) bond motifs is 1. The number of rotatable bonds is 6. The maximum Gasteiger partial charge on any atom is 0.0224 e. The molecule has 1 aromatic carbocycles. The molecule has 2 rings (SSSR count). The van der Waals surface area contributed by atoms with E-state index >= 15 is 0 Å². The molecule has 2 unspecified atom stereocenters. The number of benzene rings is 1. The van der Waals surface area contributed by atoms with Crippen LogP contribution in [0.2, 0.25) is 0 Å². The maximum absolute atomic E-state index is 5.70. The Bertz CT molecular complexity index is 340. The number of hydrogen-bond acceptors (Lipinski definition) is 2. The fourth-order valence-electron chi connectivity index (χ4n) is 2.51. The molecule has 0 spiro atoms. The first-order valence-corrected chi connectivity index (χ1v) is 6.48. The Kier molecular flexibility index (Phi) is 4.22. The van der Waals surface area contributed by atoms with Crippen molar-refractivity contribution in [1.82, 2.24) is 5.43 Å². The van der Waals surface area contributed by atoms with E-state index in [1.807, 2.05) is 0 Å². The van der Waals surface area contributed by atoms with Crippen molar-refractivity contribution in [3.8, 4) is 0 Å². The van der Waals surface area contributed by atoms with Crippen LogP contribution in [0.25, 0.3) is 0 Å². The summed E-state index contributed by atoms with van der Waals surface area (Å²) < 4.78 is 0. The predicted octanol–water partition coefficient (Wildman–Crippen LogP) is 2.57. The molecule has 0 aromatic heterocycles. The third-order valence-corrected chi connectivity index (χ3v) is 3.72. The van der Waals surface area contributed by atoms with Gasteiger partial charge in [-0.1, -0.05) is 24.3 Å². The molecule has 1 aliphatic rings. The lowest BCUT2D eigenvalue weighted by Gasteiger charge is -2.32. The number of nitrogens with two attached hydrogens (primary N) is 1. The topological polar surface area (TPSA) is 38.0 Å². The normalized spacial score (nSPS) is 20.0. The van der Waals surface area contributed by atoms with Gasteiger partial charge in [-0.25, -0.2) is 0 Å².